The number of hydrogen-bond donors (Lipinski definition) is 1. The zero-order chi connectivity index (χ0) is 14.7. The summed E-state index contributed by atoms with van der Waals surface area (Å²) in [5.41, 5.74) is 2.94. The van der Waals surface area contributed by atoms with Crippen molar-refractivity contribution >= 4 is 0 Å². The van der Waals surface area contributed by atoms with Crippen LogP contribution in [0.25, 0.3) is 0 Å². The van der Waals surface area contributed by atoms with Gasteiger partial charge in [-0.25, -0.2) is 4.68 Å². The molecule has 2 aromatic rings. The van der Waals surface area contributed by atoms with Gasteiger partial charge in [-0.3, -0.25) is 4.90 Å². The number of ether oxygens (including phenoxy) is 1. The molecule has 0 atom stereocenters. The van der Waals surface area contributed by atoms with Crippen LogP contribution in [-0.2, 0) is 26.2 Å². The van der Waals surface area contributed by atoms with Gasteiger partial charge in [0.15, 0.2) is 0 Å². The van der Waals surface area contributed by atoms with Crippen molar-refractivity contribution in [3.8, 4) is 5.75 Å². The third-order valence-electron chi connectivity index (χ3n) is 3.83. The molecule has 0 radical (unpaired) electrons. The Morgan fingerprint density at radius 2 is 2.24 bits per heavy atom. The minimum Gasteiger partial charge on any atom is -0.497 e. The largest absolute Gasteiger partial charge is 0.497 e. The second-order valence-corrected chi connectivity index (χ2v) is 5.28. The van der Waals surface area contributed by atoms with Gasteiger partial charge in [-0.15, -0.1) is 5.10 Å². The molecule has 0 saturated carbocycles. The summed E-state index contributed by atoms with van der Waals surface area (Å²) in [6, 6.07) is 8.13. The van der Waals surface area contributed by atoms with Crippen molar-refractivity contribution in [2.24, 2.45) is 0 Å². The van der Waals surface area contributed by atoms with E-state index >= 15 is 0 Å². The van der Waals surface area contributed by atoms with Gasteiger partial charge in [0.25, 0.3) is 0 Å². The molecule has 0 amide bonds. The summed E-state index contributed by atoms with van der Waals surface area (Å²) in [5.74, 6) is 0.880. The lowest BCUT2D eigenvalue weighted by Crippen LogP contribution is -2.23. The van der Waals surface area contributed by atoms with E-state index in [0.717, 1.165) is 44.0 Å². The number of aryl methyl sites for hydroxylation is 1. The smallest absolute Gasteiger partial charge is 0.119 e. The molecule has 0 fully saturated rings. The molecule has 1 aromatic heterocycles. The van der Waals surface area contributed by atoms with Gasteiger partial charge < -0.3 is 9.84 Å². The lowest BCUT2D eigenvalue weighted by Gasteiger charge is -2.20. The van der Waals surface area contributed by atoms with Crippen molar-refractivity contribution < 1.29 is 9.84 Å². The van der Waals surface area contributed by atoms with E-state index in [2.05, 4.69) is 27.3 Å². The zero-order valence-corrected chi connectivity index (χ0v) is 12.2. The highest BCUT2D eigenvalue weighted by Gasteiger charge is 2.19. The Bertz CT molecular complexity index is 611. The van der Waals surface area contributed by atoms with Crippen LogP contribution in [0.1, 0.15) is 23.4 Å². The molecule has 1 N–H and O–H groups in total. The Balaban J connectivity index is 1.76. The van der Waals surface area contributed by atoms with Crippen molar-refractivity contribution in [3.63, 3.8) is 0 Å². The molecule has 0 saturated heterocycles. The van der Waals surface area contributed by atoms with Gasteiger partial charge in [-0.05, 0) is 24.1 Å². The highest BCUT2D eigenvalue weighted by Crippen LogP contribution is 2.19. The number of fused-ring (bicyclic) bond motifs is 1. The standard InChI is InChI=1S/C15H20N4O2/c1-21-13-5-2-4-12(8-13)9-18-6-3-7-19-15(10-18)14(11-20)16-17-19/h2,4-5,8,20H,3,6-7,9-11H2,1H3. The van der Waals surface area contributed by atoms with Crippen molar-refractivity contribution in [2.45, 2.75) is 32.7 Å². The van der Waals surface area contributed by atoms with Crippen LogP contribution < -0.4 is 4.74 Å². The SMILES string of the molecule is COc1cccc(CN2CCCn3nnc(CO)c3C2)c1. The topological polar surface area (TPSA) is 63.4 Å². The fraction of sp³-hybridized carbons (Fsp3) is 0.467. The average molecular weight is 288 g/mol. The molecule has 21 heavy (non-hydrogen) atoms. The van der Waals surface area contributed by atoms with Crippen LogP contribution >= 0.6 is 0 Å². The Kier molecular flexibility index (Phi) is 4.17. The zero-order valence-electron chi connectivity index (χ0n) is 12.2. The highest BCUT2D eigenvalue weighted by molar-refractivity contribution is 5.28. The van der Waals surface area contributed by atoms with Crippen molar-refractivity contribution in [1.82, 2.24) is 19.9 Å². The molecule has 3 rings (SSSR count). The first kappa shape index (κ1) is 14.0. The second-order valence-electron chi connectivity index (χ2n) is 5.28. The fourth-order valence-corrected chi connectivity index (χ4v) is 2.74. The van der Waals surface area contributed by atoms with E-state index in [9.17, 15) is 5.11 Å². The van der Waals surface area contributed by atoms with Crippen LogP contribution in [0.4, 0.5) is 0 Å². The van der Waals surface area contributed by atoms with Gasteiger partial charge in [0.2, 0.25) is 0 Å². The van der Waals surface area contributed by atoms with E-state index in [-0.39, 0.29) is 6.61 Å². The Hall–Kier alpha value is -1.92. The van der Waals surface area contributed by atoms with E-state index in [1.807, 2.05) is 16.8 Å². The molecular formula is C15H20N4O2. The third-order valence-corrected chi connectivity index (χ3v) is 3.83. The van der Waals surface area contributed by atoms with Crippen molar-refractivity contribution in [1.29, 1.82) is 0 Å². The second kappa shape index (κ2) is 6.24. The maximum absolute atomic E-state index is 9.37. The van der Waals surface area contributed by atoms with E-state index in [0.29, 0.717) is 5.69 Å². The number of benzene rings is 1. The Morgan fingerprint density at radius 1 is 1.33 bits per heavy atom. The third kappa shape index (κ3) is 3.06. The molecule has 6 nitrogen and oxygen atoms in total. The number of nitrogens with zero attached hydrogens (tertiary/aromatic N) is 4. The molecule has 0 spiro atoms. The summed E-state index contributed by atoms with van der Waals surface area (Å²) in [6.45, 7) is 3.43. The van der Waals surface area contributed by atoms with Crippen molar-refractivity contribution in [2.75, 3.05) is 13.7 Å². The number of aliphatic hydroxyl groups is 1. The van der Waals surface area contributed by atoms with Gasteiger partial charge in [0.1, 0.15) is 11.4 Å². The molecular weight excluding hydrogens is 268 g/mol. The fourth-order valence-electron chi connectivity index (χ4n) is 2.74. The van der Waals surface area contributed by atoms with Gasteiger partial charge >= 0.3 is 0 Å². The maximum Gasteiger partial charge on any atom is 0.119 e. The summed E-state index contributed by atoms with van der Waals surface area (Å²) in [6.07, 6.45) is 1.03. The van der Waals surface area contributed by atoms with E-state index in [4.69, 9.17) is 4.74 Å². The molecule has 0 unspecified atom stereocenters. The van der Waals surface area contributed by atoms with Gasteiger partial charge in [0, 0.05) is 26.2 Å². The Labute approximate surface area is 124 Å². The number of hydrogen-bond acceptors (Lipinski definition) is 5. The average Bonchev–Trinajstić information content (AvgIpc) is 2.78. The highest BCUT2D eigenvalue weighted by atomic mass is 16.5. The number of aliphatic hydroxyl groups excluding tert-OH is 1. The maximum atomic E-state index is 9.37. The molecule has 2 heterocycles. The predicted octanol–water partition coefficient (Wildman–Crippen LogP) is 1.18. The van der Waals surface area contributed by atoms with Crippen LogP contribution in [0.5, 0.6) is 5.75 Å². The number of methoxy groups -OCH3 is 1. The quantitative estimate of drug-likeness (QED) is 0.915. The predicted molar refractivity (Wildman–Crippen MR) is 77.7 cm³/mol. The lowest BCUT2D eigenvalue weighted by atomic mass is 10.2. The Morgan fingerprint density at radius 3 is 3.05 bits per heavy atom. The van der Waals surface area contributed by atoms with Crippen LogP contribution in [0.3, 0.4) is 0 Å². The summed E-state index contributed by atoms with van der Waals surface area (Å²) >= 11 is 0. The van der Waals surface area contributed by atoms with Crippen molar-refractivity contribution in [3.05, 3.63) is 41.2 Å². The number of aromatic nitrogens is 3. The van der Waals surface area contributed by atoms with Gasteiger partial charge in [-0.2, -0.15) is 0 Å². The van der Waals surface area contributed by atoms with E-state index < -0.39 is 0 Å². The first-order valence-corrected chi connectivity index (χ1v) is 7.17. The van der Waals surface area contributed by atoms with Crippen LogP contribution in [0.2, 0.25) is 0 Å². The summed E-state index contributed by atoms with van der Waals surface area (Å²) in [4.78, 5) is 2.36. The first-order chi connectivity index (χ1) is 10.3. The van der Waals surface area contributed by atoms with Gasteiger partial charge in [-0.1, -0.05) is 17.3 Å². The van der Waals surface area contributed by atoms with Gasteiger partial charge in [0.05, 0.1) is 19.4 Å². The molecule has 1 aromatic carbocycles. The molecule has 0 aliphatic carbocycles. The molecule has 1 aliphatic rings. The minimum absolute atomic E-state index is 0.0532. The molecule has 112 valence electrons. The summed E-state index contributed by atoms with van der Waals surface area (Å²) in [7, 11) is 1.68. The van der Waals surface area contributed by atoms with Crippen LogP contribution in [0.15, 0.2) is 24.3 Å². The first-order valence-electron chi connectivity index (χ1n) is 7.17. The molecule has 0 bridgehead atoms. The van der Waals surface area contributed by atoms with Crippen LogP contribution in [-0.4, -0.2) is 38.7 Å². The summed E-state index contributed by atoms with van der Waals surface area (Å²) < 4.78 is 7.19. The lowest BCUT2D eigenvalue weighted by molar-refractivity contribution is 0.250. The van der Waals surface area contributed by atoms with E-state index in [1.165, 1.54) is 5.56 Å². The molecule has 1 aliphatic heterocycles. The van der Waals surface area contributed by atoms with E-state index in [1.54, 1.807) is 7.11 Å². The number of rotatable bonds is 4. The monoisotopic (exact) mass is 288 g/mol. The minimum atomic E-state index is -0.0532. The normalized spacial score (nSPS) is 15.5. The summed E-state index contributed by atoms with van der Waals surface area (Å²) in [5, 5.41) is 17.5. The van der Waals surface area contributed by atoms with Crippen LogP contribution in [0, 0.1) is 0 Å². The molecule has 6 heteroatoms.